The zero-order valence-corrected chi connectivity index (χ0v) is 64.2. The maximum absolute atomic E-state index is 13.0. The molecule has 7 aromatic rings. The molecule has 0 amide bonds. The van der Waals surface area contributed by atoms with Crippen LogP contribution in [0.15, 0.2) is 207 Å². The number of ether oxygens (including phenoxy) is 20. The van der Waals surface area contributed by atoms with Crippen LogP contribution < -0.4 is 23.7 Å². The van der Waals surface area contributed by atoms with Crippen molar-refractivity contribution in [3.8, 4) is 51.0 Å². The highest BCUT2D eigenvalue weighted by Gasteiger charge is 2.16. The minimum absolute atomic E-state index is 0.0350. The minimum Gasteiger partial charge on any atom is -0.493 e. The average molecular weight is 1590 g/mol. The largest absolute Gasteiger partial charge is 0.493 e. The van der Waals surface area contributed by atoms with Crippen LogP contribution in [-0.2, 0) is 85.4 Å². The predicted molar refractivity (Wildman–Crippen MR) is 419 cm³/mol. The third kappa shape index (κ3) is 38.3. The van der Waals surface area contributed by atoms with E-state index >= 15 is 0 Å². The second-order valence-corrected chi connectivity index (χ2v) is 24.2. The monoisotopic (exact) mass is 1590 g/mol. The predicted octanol–water partition coefficient (Wildman–Crippen LogP) is 11.7. The molecule has 7 rings (SSSR count). The summed E-state index contributed by atoms with van der Waals surface area (Å²) in [5, 5.41) is 0. The molecule has 28 heteroatoms. The Hall–Kier alpha value is -11.4. The van der Waals surface area contributed by atoms with Crippen molar-refractivity contribution in [2.45, 2.75) is 25.7 Å². The summed E-state index contributed by atoms with van der Waals surface area (Å²) in [7, 11) is 0. The van der Waals surface area contributed by atoms with Crippen LogP contribution >= 0.6 is 0 Å². The van der Waals surface area contributed by atoms with Gasteiger partial charge in [-0.2, -0.15) is 0 Å². The fourth-order valence-electron chi connectivity index (χ4n) is 9.84. The quantitative estimate of drug-likeness (QED) is 0.00853. The van der Waals surface area contributed by atoms with E-state index in [9.17, 15) is 38.4 Å². The van der Waals surface area contributed by atoms with E-state index in [4.69, 9.17) is 94.7 Å². The van der Waals surface area contributed by atoms with Crippen molar-refractivity contribution in [1.29, 1.82) is 0 Å². The number of carbonyl (C=O) groups excluding carboxylic acids is 8. The van der Waals surface area contributed by atoms with Crippen LogP contribution in [0, 0.1) is 0 Å². The third-order valence-electron chi connectivity index (χ3n) is 15.8. The van der Waals surface area contributed by atoms with Gasteiger partial charge in [-0.1, -0.05) is 73.8 Å². The standard InChI is InChI=1S/C87H98O28/c1-3-80(88)108-61-54-100-48-46-98-52-59-106-76-31-23-72(24-32-76)83(91)111-41-8-5-7-40-105-75-29-19-68(20-30-75)66-11-15-70(16-12-66)84(92)112-64-57-103-45-44-97-43-42-96-39-9-6-10-82(90)110-63-56-102-50-51-104-58-65-113-85(93)71-17-13-67(14-18-71)69-21-35-78(36-22-69)114-87(95)74-27-37-79(38-28-74)115-86(94)73-25-33-77(34-26-73)107-60-53-99-47-49-101-55-62-109-81(89)4-2/h3-5,8,11-38H,1-2,6-7,9-10,39-65H2/b8-5-. The van der Waals surface area contributed by atoms with Gasteiger partial charge in [0.15, 0.2) is 0 Å². The smallest absolute Gasteiger partial charge is 0.343 e. The number of carbonyl (C=O) groups is 8. The number of hydrogen-bond donors (Lipinski definition) is 0. The van der Waals surface area contributed by atoms with Crippen molar-refractivity contribution < 1.29 is 133 Å². The SMILES string of the molecule is C=CC(=O)OCCOCCOCCOc1ccc(C(=O)OC/C=C\CCOc2ccc(-c3ccc(C(=O)OCCOCCOCCOCCCCC(=O)OCCOCCOCCOC(=O)c4ccc(-c5ccc(OC(=O)c6ccc(OC(=O)c7ccc(OCCOCCOCCOC(=O)C=C)cc7)cc6)cc5)cc4)cc3)cc2)cc1. The highest BCUT2D eigenvalue weighted by atomic mass is 16.6. The summed E-state index contributed by atoms with van der Waals surface area (Å²) in [5.74, 6) is -1.58. The maximum atomic E-state index is 13.0. The molecule has 0 N–H and O–H groups in total. The molecule has 0 saturated carbocycles. The minimum atomic E-state index is -0.608. The molecule has 0 saturated heterocycles. The van der Waals surface area contributed by atoms with Gasteiger partial charge in [-0.05, 0) is 163 Å². The Morgan fingerprint density at radius 1 is 0.243 bits per heavy atom. The van der Waals surface area contributed by atoms with Crippen LogP contribution in [0.4, 0.5) is 0 Å². The van der Waals surface area contributed by atoms with Gasteiger partial charge in [-0.15, -0.1) is 0 Å². The Balaban J connectivity index is 0.597. The molecule has 614 valence electrons. The van der Waals surface area contributed by atoms with Gasteiger partial charge in [0.2, 0.25) is 0 Å². The van der Waals surface area contributed by atoms with E-state index in [0.29, 0.717) is 150 Å². The number of hydrogen-bond acceptors (Lipinski definition) is 28. The van der Waals surface area contributed by atoms with Crippen LogP contribution in [0.1, 0.15) is 77.5 Å². The molecule has 115 heavy (non-hydrogen) atoms. The zero-order chi connectivity index (χ0) is 81.4. The third-order valence-corrected chi connectivity index (χ3v) is 15.8. The van der Waals surface area contributed by atoms with Crippen molar-refractivity contribution in [2.75, 3.05) is 178 Å². The molecule has 0 aliphatic carbocycles. The highest BCUT2D eigenvalue weighted by Crippen LogP contribution is 2.27. The molecule has 0 radical (unpaired) electrons. The second kappa shape index (κ2) is 55.9. The van der Waals surface area contributed by atoms with E-state index in [2.05, 4.69) is 13.2 Å². The molecule has 0 heterocycles. The molecular weight excluding hydrogens is 1490 g/mol. The van der Waals surface area contributed by atoms with Gasteiger partial charge in [0, 0.05) is 25.2 Å². The molecule has 0 bridgehead atoms. The Kier molecular flexibility index (Phi) is 44.1. The van der Waals surface area contributed by atoms with E-state index in [-0.39, 0.29) is 116 Å². The Morgan fingerprint density at radius 3 is 0.887 bits per heavy atom. The second-order valence-electron chi connectivity index (χ2n) is 24.2. The van der Waals surface area contributed by atoms with Gasteiger partial charge in [0.25, 0.3) is 0 Å². The van der Waals surface area contributed by atoms with Crippen LogP contribution in [0.25, 0.3) is 22.3 Å². The Bertz CT molecular complexity index is 4030. The zero-order valence-electron chi connectivity index (χ0n) is 64.2. The summed E-state index contributed by atoms with van der Waals surface area (Å²) in [4.78, 5) is 97.7. The molecule has 28 nitrogen and oxygen atoms in total. The van der Waals surface area contributed by atoms with Crippen molar-refractivity contribution in [2.24, 2.45) is 0 Å². The van der Waals surface area contributed by atoms with Gasteiger partial charge in [-0.25, -0.2) is 33.6 Å². The maximum Gasteiger partial charge on any atom is 0.343 e. The van der Waals surface area contributed by atoms with Crippen molar-refractivity contribution in [3.63, 3.8) is 0 Å². The summed E-state index contributed by atoms with van der Waals surface area (Å²) in [5.41, 5.74) is 5.22. The first kappa shape index (κ1) is 90.7. The van der Waals surface area contributed by atoms with E-state index < -0.39 is 41.8 Å². The van der Waals surface area contributed by atoms with Gasteiger partial charge >= 0.3 is 47.8 Å². The van der Waals surface area contributed by atoms with Crippen LogP contribution in [0.3, 0.4) is 0 Å². The van der Waals surface area contributed by atoms with Gasteiger partial charge in [-0.3, -0.25) is 4.79 Å². The lowest BCUT2D eigenvalue weighted by molar-refractivity contribution is -0.145. The summed E-state index contributed by atoms with van der Waals surface area (Å²) < 4.78 is 108. The first-order valence-electron chi connectivity index (χ1n) is 37.5. The van der Waals surface area contributed by atoms with Crippen LogP contribution in [0.2, 0.25) is 0 Å². The molecule has 0 aliphatic rings. The van der Waals surface area contributed by atoms with Crippen molar-refractivity contribution in [1.82, 2.24) is 0 Å². The molecule has 0 fully saturated rings. The molecular formula is C87H98O28. The molecule has 0 aromatic heterocycles. The van der Waals surface area contributed by atoms with Crippen LogP contribution in [-0.4, -0.2) is 226 Å². The van der Waals surface area contributed by atoms with Gasteiger partial charge in [0.1, 0.15) is 81.6 Å². The lowest BCUT2D eigenvalue weighted by Crippen LogP contribution is -2.15. The number of benzene rings is 7. The Labute approximate surface area is 668 Å². The Morgan fingerprint density at radius 2 is 0.513 bits per heavy atom. The van der Waals surface area contributed by atoms with E-state index in [1.54, 1.807) is 115 Å². The number of unbranched alkanes of at least 4 members (excludes halogenated alkanes) is 1. The van der Waals surface area contributed by atoms with Crippen LogP contribution in [0.5, 0.6) is 28.7 Å². The van der Waals surface area contributed by atoms with Gasteiger partial charge in [0.05, 0.1) is 147 Å². The summed E-state index contributed by atoms with van der Waals surface area (Å²) in [6.07, 6.45) is 7.97. The number of esters is 8. The lowest BCUT2D eigenvalue weighted by Gasteiger charge is -2.09. The molecule has 0 spiro atoms. The molecule has 0 atom stereocenters. The van der Waals surface area contributed by atoms with E-state index in [1.807, 2.05) is 42.5 Å². The van der Waals surface area contributed by atoms with Crippen molar-refractivity contribution in [3.05, 3.63) is 235 Å². The van der Waals surface area contributed by atoms with Gasteiger partial charge < -0.3 is 94.7 Å². The topological polar surface area (TPSA) is 321 Å². The summed E-state index contributed by atoms with van der Waals surface area (Å²) in [6, 6.07) is 47.5. The fraction of sp³-hybridized carbons (Fsp3) is 0.356. The first-order chi connectivity index (χ1) is 56.3. The normalized spacial score (nSPS) is 10.9. The number of rotatable bonds is 60. The first-order valence-corrected chi connectivity index (χ1v) is 37.5. The summed E-state index contributed by atoms with van der Waals surface area (Å²) >= 11 is 0. The average Bonchev–Trinajstić information content (AvgIpc) is 0.846. The summed E-state index contributed by atoms with van der Waals surface area (Å²) in [6.45, 7) is 13.8. The van der Waals surface area contributed by atoms with E-state index in [1.165, 1.54) is 24.3 Å². The highest BCUT2D eigenvalue weighted by molar-refractivity contribution is 5.94. The lowest BCUT2D eigenvalue weighted by atomic mass is 10.0. The molecule has 7 aromatic carbocycles. The van der Waals surface area contributed by atoms with Crippen molar-refractivity contribution >= 4 is 47.8 Å². The van der Waals surface area contributed by atoms with E-state index in [0.717, 1.165) is 34.4 Å². The fourth-order valence-corrected chi connectivity index (χ4v) is 9.84. The molecule has 0 aliphatic heterocycles. The molecule has 0 unspecified atom stereocenters.